The minimum atomic E-state index is 0.580. The van der Waals surface area contributed by atoms with E-state index in [2.05, 4.69) is 41.2 Å². The van der Waals surface area contributed by atoms with Crippen LogP contribution in [0.25, 0.3) is 0 Å². The molecule has 0 aliphatic heterocycles. The maximum atomic E-state index is 5.80. The van der Waals surface area contributed by atoms with Gasteiger partial charge >= 0.3 is 0 Å². The Hall–Kier alpha value is -0.930. The predicted molar refractivity (Wildman–Crippen MR) is 85.3 cm³/mol. The van der Waals surface area contributed by atoms with Crippen molar-refractivity contribution in [2.24, 2.45) is 0 Å². The van der Waals surface area contributed by atoms with Crippen molar-refractivity contribution in [3.63, 3.8) is 0 Å². The first-order valence-electron chi connectivity index (χ1n) is 7.17. The van der Waals surface area contributed by atoms with Crippen LogP contribution in [0.2, 0.25) is 0 Å². The van der Waals surface area contributed by atoms with Crippen molar-refractivity contribution in [2.45, 2.75) is 48.3 Å². The van der Waals surface area contributed by atoms with Crippen LogP contribution in [-0.4, -0.2) is 9.78 Å². The molecule has 1 aromatic heterocycles. The lowest BCUT2D eigenvalue weighted by Gasteiger charge is -2.08. The summed E-state index contributed by atoms with van der Waals surface area (Å²) in [5.74, 6) is 1.51. The number of benzene rings is 1. The Kier molecular flexibility index (Phi) is 4.69. The molecule has 0 radical (unpaired) electrons. The Labute approximate surface area is 129 Å². The number of halogens is 1. The standard InChI is InChI=1S/C16H19ClN2S/c17-11-13-5-7-16(8-6-13)20-12-14-9-10-19(18-14)15-3-1-2-4-15/h5-10,15H,1-4,11-12H2. The van der Waals surface area contributed by atoms with Crippen molar-refractivity contribution in [1.82, 2.24) is 9.78 Å². The van der Waals surface area contributed by atoms with Crippen LogP contribution in [0, 0.1) is 0 Å². The molecular weight excluding hydrogens is 288 g/mol. The van der Waals surface area contributed by atoms with E-state index in [0.29, 0.717) is 11.9 Å². The lowest BCUT2D eigenvalue weighted by Crippen LogP contribution is -2.05. The first-order valence-corrected chi connectivity index (χ1v) is 8.69. The summed E-state index contributed by atoms with van der Waals surface area (Å²) in [4.78, 5) is 1.27. The van der Waals surface area contributed by atoms with Gasteiger partial charge in [0, 0.05) is 22.7 Å². The fourth-order valence-corrected chi connectivity index (χ4v) is 3.63. The molecule has 1 aromatic carbocycles. The number of thioether (sulfide) groups is 1. The molecule has 1 aliphatic carbocycles. The van der Waals surface area contributed by atoms with E-state index in [4.69, 9.17) is 16.7 Å². The van der Waals surface area contributed by atoms with Gasteiger partial charge in [-0.15, -0.1) is 23.4 Å². The summed E-state index contributed by atoms with van der Waals surface area (Å²) in [6.45, 7) is 0. The molecular formula is C16H19ClN2S. The lowest BCUT2D eigenvalue weighted by molar-refractivity contribution is 0.464. The van der Waals surface area contributed by atoms with E-state index in [-0.39, 0.29) is 0 Å². The topological polar surface area (TPSA) is 17.8 Å². The van der Waals surface area contributed by atoms with E-state index < -0.39 is 0 Å². The van der Waals surface area contributed by atoms with E-state index >= 15 is 0 Å². The van der Waals surface area contributed by atoms with Crippen LogP contribution in [0.5, 0.6) is 0 Å². The van der Waals surface area contributed by atoms with Gasteiger partial charge in [0.25, 0.3) is 0 Å². The summed E-state index contributed by atoms with van der Waals surface area (Å²) in [6, 6.07) is 11.2. The summed E-state index contributed by atoms with van der Waals surface area (Å²) in [5.41, 5.74) is 2.34. The Morgan fingerprint density at radius 1 is 1.15 bits per heavy atom. The molecule has 2 aromatic rings. The summed E-state index contributed by atoms with van der Waals surface area (Å²) in [5, 5.41) is 4.72. The molecule has 1 fully saturated rings. The van der Waals surface area contributed by atoms with Crippen LogP contribution in [0.15, 0.2) is 41.4 Å². The Morgan fingerprint density at radius 2 is 1.90 bits per heavy atom. The third-order valence-corrected chi connectivity index (χ3v) is 5.18. The molecule has 1 aliphatic rings. The summed E-state index contributed by atoms with van der Waals surface area (Å²) in [7, 11) is 0. The number of hydrogen-bond donors (Lipinski definition) is 0. The summed E-state index contributed by atoms with van der Waals surface area (Å²) >= 11 is 7.63. The molecule has 0 amide bonds. The van der Waals surface area contributed by atoms with Crippen molar-refractivity contribution in [3.8, 4) is 0 Å². The first kappa shape index (κ1) is 14.0. The fraction of sp³-hybridized carbons (Fsp3) is 0.438. The zero-order valence-electron chi connectivity index (χ0n) is 11.5. The van der Waals surface area contributed by atoms with Crippen molar-refractivity contribution in [3.05, 3.63) is 47.8 Å². The van der Waals surface area contributed by atoms with E-state index in [0.717, 1.165) is 5.75 Å². The fourth-order valence-electron chi connectivity index (χ4n) is 2.66. The van der Waals surface area contributed by atoms with Gasteiger partial charge in [-0.1, -0.05) is 25.0 Å². The molecule has 106 valence electrons. The van der Waals surface area contributed by atoms with E-state index in [1.807, 2.05) is 11.8 Å². The molecule has 4 heteroatoms. The van der Waals surface area contributed by atoms with Crippen molar-refractivity contribution in [1.29, 1.82) is 0 Å². The molecule has 0 saturated heterocycles. The second-order valence-corrected chi connectivity index (χ2v) is 6.61. The summed E-state index contributed by atoms with van der Waals surface area (Å²) in [6.07, 6.45) is 7.41. The monoisotopic (exact) mass is 306 g/mol. The highest BCUT2D eigenvalue weighted by Crippen LogP contribution is 2.29. The minimum absolute atomic E-state index is 0.580. The molecule has 3 rings (SSSR count). The number of aromatic nitrogens is 2. The number of hydrogen-bond acceptors (Lipinski definition) is 2. The third kappa shape index (κ3) is 3.39. The zero-order chi connectivity index (χ0) is 13.8. The Bertz CT molecular complexity index is 544. The molecule has 0 atom stereocenters. The zero-order valence-corrected chi connectivity index (χ0v) is 13.0. The number of rotatable bonds is 5. The van der Waals surface area contributed by atoms with Gasteiger partial charge in [-0.25, -0.2) is 0 Å². The largest absolute Gasteiger partial charge is 0.269 e. The minimum Gasteiger partial charge on any atom is -0.269 e. The van der Waals surface area contributed by atoms with Gasteiger partial charge in [-0.2, -0.15) is 5.10 Å². The summed E-state index contributed by atoms with van der Waals surface area (Å²) < 4.78 is 2.17. The first-order chi connectivity index (χ1) is 9.85. The molecule has 20 heavy (non-hydrogen) atoms. The highest BCUT2D eigenvalue weighted by atomic mass is 35.5. The van der Waals surface area contributed by atoms with Crippen molar-refractivity contribution < 1.29 is 0 Å². The van der Waals surface area contributed by atoms with Crippen LogP contribution in [0.3, 0.4) is 0 Å². The highest BCUT2D eigenvalue weighted by molar-refractivity contribution is 7.98. The van der Waals surface area contributed by atoms with Crippen molar-refractivity contribution in [2.75, 3.05) is 0 Å². The maximum Gasteiger partial charge on any atom is 0.0727 e. The van der Waals surface area contributed by atoms with Gasteiger partial charge in [0.2, 0.25) is 0 Å². The lowest BCUT2D eigenvalue weighted by atomic mass is 10.2. The Morgan fingerprint density at radius 3 is 2.60 bits per heavy atom. The molecule has 0 unspecified atom stereocenters. The highest BCUT2D eigenvalue weighted by Gasteiger charge is 2.17. The van der Waals surface area contributed by atoms with E-state index in [1.54, 1.807) is 0 Å². The van der Waals surface area contributed by atoms with Crippen LogP contribution < -0.4 is 0 Å². The van der Waals surface area contributed by atoms with Gasteiger partial charge in [0.05, 0.1) is 11.7 Å². The average molecular weight is 307 g/mol. The van der Waals surface area contributed by atoms with Gasteiger partial charge in [-0.3, -0.25) is 4.68 Å². The van der Waals surface area contributed by atoms with Gasteiger partial charge in [0.1, 0.15) is 0 Å². The quantitative estimate of drug-likeness (QED) is 0.569. The molecule has 1 heterocycles. The smallest absolute Gasteiger partial charge is 0.0727 e. The normalized spacial score (nSPS) is 15.8. The van der Waals surface area contributed by atoms with Crippen molar-refractivity contribution >= 4 is 23.4 Å². The molecule has 2 nitrogen and oxygen atoms in total. The molecule has 0 bridgehead atoms. The Balaban J connectivity index is 1.57. The maximum absolute atomic E-state index is 5.80. The number of nitrogens with zero attached hydrogens (tertiary/aromatic N) is 2. The SMILES string of the molecule is ClCc1ccc(SCc2ccn(C3CCCC3)n2)cc1. The van der Waals surface area contributed by atoms with Crippen LogP contribution >= 0.6 is 23.4 Å². The van der Waals surface area contributed by atoms with E-state index in [9.17, 15) is 0 Å². The van der Waals surface area contributed by atoms with Crippen LogP contribution in [0.1, 0.15) is 43.0 Å². The van der Waals surface area contributed by atoms with Gasteiger partial charge in [-0.05, 0) is 36.6 Å². The predicted octanol–water partition coefficient (Wildman–Crippen LogP) is 5.03. The second kappa shape index (κ2) is 6.68. The van der Waals surface area contributed by atoms with Crippen LogP contribution in [0.4, 0.5) is 0 Å². The molecule has 0 N–H and O–H groups in total. The van der Waals surface area contributed by atoms with Gasteiger partial charge < -0.3 is 0 Å². The average Bonchev–Trinajstić information content (AvgIpc) is 3.16. The molecule has 0 spiro atoms. The van der Waals surface area contributed by atoms with E-state index in [1.165, 1.54) is 41.8 Å². The molecule has 1 saturated carbocycles. The second-order valence-electron chi connectivity index (χ2n) is 5.29. The van der Waals surface area contributed by atoms with Gasteiger partial charge in [0.15, 0.2) is 0 Å². The third-order valence-electron chi connectivity index (χ3n) is 3.83. The van der Waals surface area contributed by atoms with Crippen LogP contribution in [-0.2, 0) is 11.6 Å². The number of alkyl halides is 1.